The largest absolute Gasteiger partial charge is 0.376 e. The highest BCUT2D eigenvalue weighted by Crippen LogP contribution is 2.11. The molecule has 0 aliphatic carbocycles. The molecule has 0 spiro atoms. The Morgan fingerprint density at radius 1 is 1.32 bits per heavy atom. The van der Waals surface area contributed by atoms with Crippen molar-refractivity contribution in [2.75, 3.05) is 19.7 Å². The van der Waals surface area contributed by atoms with Crippen LogP contribution in [0.3, 0.4) is 0 Å². The first kappa shape index (κ1) is 14.3. The van der Waals surface area contributed by atoms with Crippen molar-refractivity contribution in [1.29, 1.82) is 0 Å². The minimum atomic E-state index is -0.118. The second-order valence-corrected chi connectivity index (χ2v) is 5.56. The summed E-state index contributed by atoms with van der Waals surface area (Å²) < 4.78 is 6.51. The maximum Gasteiger partial charge on any atom is 0.314 e. The summed E-state index contributed by atoms with van der Waals surface area (Å²) in [5.74, 6) is 0. The van der Waals surface area contributed by atoms with E-state index in [9.17, 15) is 4.79 Å². The van der Waals surface area contributed by atoms with Gasteiger partial charge in [0.15, 0.2) is 0 Å². The standard InChI is InChI=1S/C14H19BrN2O2/c15-12-5-3-11(4-6-12)7-8-16-14(18)17-10-13-2-1-9-19-13/h3-6,13H,1-2,7-10H2,(H2,16,17,18). The number of carbonyl (C=O) groups is 1. The molecule has 0 saturated carbocycles. The fraction of sp³-hybridized carbons (Fsp3) is 0.500. The van der Waals surface area contributed by atoms with Crippen LogP contribution >= 0.6 is 15.9 Å². The van der Waals surface area contributed by atoms with Crippen molar-refractivity contribution < 1.29 is 9.53 Å². The zero-order chi connectivity index (χ0) is 13.5. The molecule has 2 rings (SSSR count). The molecular weight excluding hydrogens is 308 g/mol. The molecule has 4 nitrogen and oxygen atoms in total. The van der Waals surface area contributed by atoms with Crippen LogP contribution < -0.4 is 10.6 Å². The monoisotopic (exact) mass is 326 g/mol. The van der Waals surface area contributed by atoms with Crippen LogP contribution in [-0.4, -0.2) is 31.8 Å². The molecule has 5 heteroatoms. The average Bonchev–Trinajstić information content (AvgIpc) is 2.92. The van der Waals surface area contributed by atoms with Gasteiger partial charge in [0.2, 0.25) is 0 Å². The van der Waals surface area contributed by atoms with Crippen molar-refractivity contribution in [2.45, 2.75) is 25.4 Å². The Hall–Kier alpha value is -1.07. The van der Waals surface area contributed by atoms with Gasteiger partial charge in [0, 0.05) is 24.2 Å². The number of hydrogen-bond acceptors (Lipinski definition) is 2. The number of carbonyl (C=O) groups excluding carboxylic acids is 1. The molecule has 1 aliphatic rings. The van der Waals surface area contributed by atoms with Gasteiger partial charge < -0.3 is 15.4 Å². The zero-order valence-corrected chi connectivity index (χ0v) is 12.4. The number of hydrogen-bond donors (Lipinski definition) is 2. The van der Waals surface area contributed by atoms with E-state index in [0.717, 1.165) is 30.3 Å². The molecule has 1 heterocycles. The zero-order valence-electron chi connectivity index (χ0n) is 10.8. The summed E-state index contributed by atoms with van der Waals surface area (Å²) in [6.07, 6.45) is 3.16. The summed E-state index contributed by atoms with van der Waals surface area (Å²) in [7, 11) is 0. The SMILES string of the molecule is O=C(NCCc1ccc(Br)cc1)NCC1CCCO1. The molecule has 0 radical (unpaired) electrons. The van der Waals surface area contributed by atoms with E-state index in [0.29, 0.717) is 13.1 Å². The first-order chi connectivity index (χ1) is 9.24. The van der Waals surface area contributed by atoms with Gasteiger partial charge in [-0.15, -0.1) is 0 Å². The number of halogens is 1. The molecular formula is C14H19BrN2O2. The Morgan fingerprint density at radius 3 is 2.79 bits per heavy atom. The molecule has 1 fully saturated rings. The van der Waals surface area contributed by atoms with Crippen molar-refractivity contribution in [3.63, 3.8) is 0 Å². The van der Waals surface area contributed by atoms with Gasteiger partial charge >= 0.3 is 6.03 Å². The first-order valence-corrected chi connectivity index (χ1v) is 7.41. The van der Waals surface area contributed by atoms with Gasteiger partial charge in [-0.2, -0.15) is 0 Å². The number of benzene rings is 1. The van der Waals surface area contributed by atoms with E-state index >= 15 is 0 Å². The fourth-order valence-corrected chi connectivity index (χ4v) is 2.31. The molecule has 104 valence electrons. The third-order valence-corrected chi connectivity index (χ3v) is 3.66. The lowest BCUT2D eigenvalue weighted by atomic mass is 10.1. The quantitative estimate of drug-likeness (QED) is 0.873. The van der Waals surface area contributed by atoms with Crippen LogP contribution in [-0.2, 0) is 11.2 Å². The highest BCUT2D eigenvalue weighted by molar-refractivity contribution is 9.10. The van der Waals surface area contributed by atoms with Crippen LogP contribution in [0.1, 0.15) is 18.4 Å². The van der Waals surface area contributed by atoms with Crippen LogP contribution in [0.5, 0.6) is 0 Å². The second kappa shape index (κ2) is 7.50. The highest BCUT2D eigenvalue weighted by Gasteiger charge is 2.15. The minimum Gasteiger partial charge on any atom is -0.376 e. The van der Waals surface area contributed by atoms with Crippen LogP contribution in [0.15, 0.2) is 28.7 Å². The molecule has 2 N–H and O–H groups in total. The Bertz CT molecular complexity index is 402. The lowest BCUT2D eigenvalue weighted by Crippen LogP contribution is -2.40. The lowest BCUT2D eigenvalue weighted by Gasteiger charge is -2.11. The number of nitrogens with one attached hydrogen (secondary N) is 2. The summed E-state index contributed by atoms with van der Waals surface area (Å²) in [6.45, 7) is 2.06. The molecule has 2 amide bonds. The molecule has 0 bridgehead atoms. The van der Waals surface area contributed by atoms with Crippen LogP contribution in [0, 0.1) is 0 Å². The molecule has 1 atom stereocenters. The number of ether oxygens (including phenoxy) is 1. The van der Waals surface area contributed by atoms with Gasteiger partial charge in [-0.3, -0.25) is 0 Å². The summed E-state index contributed by atoms with van der Waals surface area (Å²) in [5.41, 5.74) is 1.21. The summed E-state index contributed by atoms with van der Waals surface area (Å²) >= 11 is 3.40. The summed E-state index contributed by atoms with van der Waals surface area (Å²) in [5, 5.41) is 5.69. The molecule has 1 aliphatic heterocycles. The van der Waals surface area contributed by atoms with Gasteiger partial charge in [-0.05, 0) is 37.0 Å². The Kier molecular flexibility index (Phi) is 5.66. The smallest absolute Gasteiger partial charge is 0.314 e. The number of amides is 2. The van der Waals surface area contributed by atoms with Gasteiger partial charge in [-0.25, -0.2) is 4.79 Å². The average molecular weight is 327 g/mol. The van der Waals surface area contributed by atoms with Crippen LogP contribution in [0.25, 0.3) is 0 Å². The molecule has 19 heavy (non-hydrogen) atoms. The second-order valence-electron chi connectivity index (χ2n) is 4.65. The lowest BCUT2D eigenvalue weighted by molar-refractivity contribution is 0.111. The van der Waals surface area contributed by atoms with E-state index in [1.165, 1.54) is 5.56 Å². The van der Waals surface area contributed by atoms with Crippen molar-refractivity contribution in [3.05, 3.63) is 34.3 Å². The van der Waals surface area contributed by atoms with Gasteiger partial charge in [0.05, 0.1) is 6.10 Å². The predicted molar refractivity (Wildman–Crippen MR) is 78.2 cm³/mol. The van der Waals surface area contributed by atoms with Crippen molar-refractivity contribution in [1.82, 2.24) is 10.6 Å². The van der Waals surface area contributed by atoms with Crippen molar-refractivity contribution >= 4 is 22.0 Å². The number of urea groups is 1. The molecule has 0 aromatic heterocycles. The maximum atomic E-state index is 11.6. The van der Waals surface area contributed by atoms with Crippen molar-refractivity contribution in [3.8, 4) is 0 Å². The summed E-state index contributed by atoms with van der Waals surface area (Å²) in [4.78, 5) is 11.6. The van der Waals surface area contributed by atoms with Gasteiger partial charge in [-0.1, -0.05) is 28.1 Å². The minimum absolute atomic E-state index is 0.118. The Balaban J connectivity index is 1.59. The maximum absolute atomic E-state index is 11.6. The van der Waals surface area contributed by atoms with E-state index < -0.39 is 0 Å². The van der Waals surface area contributed by atoms with Crippen LogP contribution in [0.2, 0.25) is 0 Å². The van der Waals surface area contributed by atoms with Gasteiger partial charge in [0.25, 0.3) is 0 Å². The van der Waals surface area contributed by atoms with Gasteiger partial charge in [0.1, 0.15) is 0 Å². The number of rotatable bonds is 5. The molecule has 1 saturated heterocycles. The summed E-state index contributed by atoms with van der Waals surface area (Å²) in [6, 6.07) is 8.00. The topological polar surface area (TPSA) is 50.4 Å². The normalized spacial score (nSPS) is 18.3. The van der Waals surface area contributed by atoms with Crippen molar-refractivity contribution in [2.24, 2.45) is 0 Å². The van der Waals surface area contributed by atoms with E-state index in [-0.39, 0.29) is 12.1 Å². The van der Waals surface area contributed by atoms with E-state index in [2.05, 4.69) is 38.7 Å². The fourth-order valence-electron chi connectivity index (χ4n) is 2.05. The first-order valence-electron chi connectivity index (χ1n) is 6.62. The molecule has 1 unspecified atom stereocenters. The third-order valence-electron chi connectivity index (χ3n) is 3.13. The van der Waals surface area contributed by atoms with E-state index in [1.54, 1.807) is 0 Å². The van der Waals surface area contributed by atoms with E-state index in [1.807, 2.05) is 12.1 Å². The van der Waals surface area contributed by atoms with E-state index in [4.69, 9.17) is 4.74 Å². The Labute approximate surface area is 122 Å². The third kappa shape index (κ3) is 5.20. The predicted octanol–water partition coefficient (Wildman–Crippen LogP) is 2.47. The molecule has 1 aromatic carbocycles. The van der Waals surface area contributed by atoms with Crippen LogP contribution in [0.4, 0.5) is 4.79 Å². The molecule has 1 aromatic rings. The highest BCUT2D eigenvalue weighted by atomic mass is 79.9. The Morgan fingerprint density at radius 2 is 2.11 bits per heavy atom.